The third-order valence-electron chi connectivity index (χ3n) is 4.45. The molecule has 0 unspecified atom stereocenters. The van der Waals surface area contributed by atoms with E-state index in [0.717, 1.165) is 28.3 Å². The van der Waals surface area contributed by atoms with Crippen LogP contribution in [-0.4, -0.2) is 26.5 Å². The molecule has 2 aromatic heterocycles. The Kier molecular flexibility index (Phi) is 5.42. The van der Waals surface area contributed by atoms with Crippen molar-refractivity contribution in [2.75, 3.05) is 0 Å². The van der Waals surface area contributed by atoms with Crippen molar-refractivity contribution >= 4 is 33.9 Å². The number of imidazole rings is 1. The first-order valence-electron chi connectivity index (χ1n) is 8.17. The fraction of sp³-hybridized carbons (Fsp3) is 0.333. The average Bonchev–Trinajstić information content (AvgIpc) is 3.17. The van der Waals surface area contributed by atoms with E-state index < -0.39 is 12.0 Å². The number of nitrogens with zero attached hydrogens (tertiary/aromatic N) is 2. The second-order valence-corrected chi connectivity index (χ2v) is 7.36. The number of carbonyl (C=O) groups is 1. The lowest BCUT2D eigenvalue weighted by atomic mass is 9.99. The van der Waals surface area contributed by atoms with Gasteiger partial charge in [0.15, 0.2) is 4.96 Å². The van der Waals surface area contributed by atoms with Crippen molar-refractivity contribution in [1.82, 2.24) is 14.7 Å². The molecule has 0 spiro atoms. The number of hydrogen-bond acceptors (Lipinski definition) is 4. The number of aliphatic carboxylic acids is 1. The van der Waals surface area contributed by atoms with Gasteiger partial charge in [0.25, 0.3) is 0 Å². The van der Waals surface area contributed by atoms with Gasteiger partial charge in [-0.05, 0) is 18.1 Å². The zero-order valence-corrected chi connectivity index (χ0v) is 15.6. The smallest absolute Gasteiger partial charge is 0.320 e. The van der Waals surface area contributed by atoms with E-state index in [1.54, 1.807) is 11.3 Å². The largest absolute Gasteiger partial charge is 0.480 e. The Bertz CT molecular complexity index is 872. The summed E-state index contributed by atoms with van der Waals surface area (Å²) in [5.74, 6) is -0.782. The molecule has 0 radical (unpaired) electrons. The van der Waals surface area contributed by atoms with Crippen LogP contribution in [0.1, 0.15) is 26.0 Å². The number of hydrogen-bond donors (Lipinski definition) is 2. The molecule has 0 amide bonds. The molecular weight excluding hydrogens is 358 g/mol. The van der Waals surface area contributed by atoms with Gasteiger partial charge < -0.3 is 5.11 Å². The quantitative estimate of drug-likeness (QED) is 0.644. The van der Waals surface area contributed by atoms with E-state index in [1.165, 1.54) is 0 Å². The maximum Gasteiger partial charge on any atom is 0.320 e. The summed E-state index contributed by atoms with van der Waals surface area (Å²) in [6.07, 6.45) is 2.76. The molecule has 25 heavy (non-hydrogen) atoms. The Labute approximate surface area is 155 Å². The minimum Gasteiger partial charge on any atom is -0.480 e. The summed E-state index contributed by atoms with van der Waals surface area (Å²) < 4.78 is 2.01. The summed E-state index contributed by atoms with van der Waals surface area (Å²) in [6, 6.07) is 6.94. The zero-order chi connectivity index (χ0) is 18.0. The van der Waals surface area contributed by atoms with Gasteiger partial charge >= 0.3 is 5.97 Å². The summed E-state index contributed by atoms with van der Waals surface area (Å²) in [7, 11) is 0. The summed E-state index contributed by atoms with van der Waals surface area (Å²) in [6.45, 7) is 4.37. The first-order valence-corrected chi connectivity index (χ1v) is 9.43. The van der Waals surface area contributed by atoms with Crippen molar-refractivity contribution in [1.29, 1.82) is 0 Å². The van der Waals surface area contributed by atoms with Gasteiger partial charge in [0, 0.05) is 28.7 Å². The van der Waals surface area contributed by atoms with Crippen LogP contribution in [0.5, 0.6) is 0 Å². The monoisotopic (exact) mass is 377 g/mol. The van der Waals surface area contributed by atoms with Crippen molar-refractivity contribution in [2.45, 2.75) is 32.9 Å². The maximum absolute atomic E-state index is 11.6. The Hall–Kier alpha value is -1.89. The SMILES string of the molecule is CC[C@H](C)[C@H](NCc1c(-c2ccc(Cl)cc2)nc2sccn12)C(=O)O. The first-order chi connectivity index (χ1) is 12.0. The van der Waals surface area contributed by atoms with E-state index >= 15 is 0 Å². The molecule has 2 atom stereocenters. The van der Waals surface area contributed by atoms with Crippen LogP contribution in [0.4, 0.5) is 0 Å². The minimum absolute atomic E-state index is 0.0439. The van der Waals surface area contributed by atoms with Gasteiger partial charge in [-0.25, -0.2) is 4.98 Å². The lowest BCUT2D eigenvalue weighted by Crippen LogP contribution is -2.41. The molecule has 5 nitrogen and oxygen atoms in total. The first kappa shape index (κ1) is 17.9. The maximum atomic E-state index is 11.6. The van der Waals surface area contributed by atoms with Crippen LogP contribution < -0.4 is 5.32 Å². The standard InChI is InChI=1S/C18H20ClN3O2S/c1-3-11(2)15(17(23)24)20-10-14-16(12-4-6-13(19)7-5-12)21-18-22(14)8-9-25-18/h4-9,11,15,20H,3,10H2,1-2H3,(H,23,24)/t11-,15-/m0/s1. The Morgan fingerprint density at radius 3 is 2.76 bits per heavy atom. The minimum atomic E-state index is -0.825. The Morgan fingerprint density at radius 2 is 2.12 bits per heavy atom. The number of carboxylic acids is 1. The zero-order valence-electron chi connectivity index (χ0n) is 14.1. The molecule has 0 saturated heterocycles. The van der Waals surface area contributed by atoms with Crippen molar-refractivity contribution in [3.8, 4) is 11.3 Å². The van der Waals surface area contributed by atoms with E-state index in [4.69, 9.17) is 16.6 Å². The van der Waals surface area contributed by atoms with Crippen molar-refractivity contribution in [3.05, 3.63) is 46.6 Å². The molecule has 0 saturated carbocycles. The number of halogens is 1. The van der Waals surface area contributed by atoms with Gasteiger partial charge in [-0.2, -0.15) is 0 Å². The summed E-state index contributed by atoms with van der Waals surface area (Å²) in [5.41, 5.74) is 2.77. The second-order valence-electron chi connectivity index (χ2n) is 6.05. The number of aromatic nitrogens is 2. The second kappa shape index (κ2) is 7.56. The highest BCUT2D eigenvalue weighted by molar-refractivity contribution is 7.15. The Morgan fingerprint density at radius 1 is 1.40 bits per heavy atom. The molecule has 2 heterocycles. The fourth-order valence-corrected chi connectivity index (χ4v) is 3.67. The lowest BCUT2D eigenvalue weighted by Gasteiger charge is -2.20. The molecule has 1 aromatic carbocycles. The molecule has 0 fully saturated rings. The number of rotatable bonds is 7. The molecule has 0 bridgehead atoms. The van der Waals surface area contributed by atoms with Crippen LogP contribution in [0.2, 0.25) is 5.02 Å². The average molecular weight is 378 g/mol. The van der Waals surface area contributed by atoms with E-state index in [1.807, 2.05) is 54.1 Å². The van der Waals surface area contributed by atoms with Crippen LogP contribution in [0.25, 0.3) is 16.2 Å². The fourth-order valence-electron chi connectivity index (χ4n) is 2.81. The van der Waals surface area contributed by atoms with Gasteiger partial charge in [-0.3, -0.25) is 14.5 Å². The molecule has 3 aromatic rings. The van der Waals surface area contributed by atoms with Crippen LogP contribution in [0, 0.1) is 5.92 Å². The summed E-state index contributed by atoms with van der Waals surface area (Å²) in [4.78, 5) is 17.2. The summed E-state index contributed by atoms with van der Waals surface area (Å²) >= 11 is 7.54. The molecule has 3 rings (SSSR count). The summed E-state index contributed by atoms with van der Waals surface area (Å²) in [5, 5.41) is 15.3. The van der Waals surface area contributed by atoms with E-state index in [-0.39, 0.29) is 5.92 Å². The lowest BCUT2D eigenvalue weighted by molar-refractivity contribution is -0.140. The van der Waals surface area contributed by atoms with Crippen LogP contribution in [-0.2, 0) is 11.3 Å². The van der Waals surface area contributed by atoms with E-state index in [9.17, 15) is 9.90 Å². The van der Waals surface area contributed by atoms with Crippen molar-refractivity contribution in [3.63, 3.8) is 0 Å². The molecular formula is C18H20ClN3O2S. The predicted octanol–water partition coefficient (Wildman–Crippen LogP) is 4.31. The van der Waals surface area contributed by atoms with Crippen LogP contribution in [0.15, 0.2) is 35.8 Å². The van der Waals surface area contributed by atoms with E-state index in [0.29, 0.717) is 11.6 Å². The number of thiazole rings is 1. The third-order valence-corrected chi connectivity index (χ3v) is 5.46. The van der Waals surface area contributed by atoms with Gasteiger partial charge in [-0.1, -0.05) is 44.0 Å². The molecule has 0 aliphatic heterocycles. The van der Waals surface area contributed by atoms with Crippen molar-refractivity contribution < 1.29 is 9.90 Å². The van der Waals surface area contributed by atoms with Crippen molar-refractivity contribution in [2.24, 2.45) is 5.92 Å². The third kappa shape index (κ3) is 3.71. The number of carboxylic acid groups (broad SMARTS) is 1. The molecule has 0 aliphatic rings. The number of nitrogens with one attached hydrogen (secondary N) is 1. The Balaban J connectivity index is 1.94. The normalized spacial score (nSPS) is 13.9. The predicted molar refractivity (Wildman–Crippen MR) is 101 cm³/mol. The highest BCUT2D eigenvalue weighted by Gasteiger charge is 2.24. The van der Waals surface area contributed by atoms with Gasteiger partial charge in [0.1, 0.15) is 6.04 Å². The van der Waals surface area contributed by atoms with Gasteiger partial charge in [0.05, 0.1) is 11.4 Å². The van der Waals surface area contributed by atoms with Crippen LogP contribution in [0.3, 0.4) is 0 Å². The van der Waals surface area contributed by atoms with Crippen LogP contribution >= 0.6 is 22.9 Å². The van der Waals surface area contributed by atoms with Gasteiger partial charge in [-0.15, -0.1) is 11.3 Å². The molecule has 132 valence electrons. The molecule has 2 N–H and O–H groups in total. The highest BCUT2D eigenvalue weighted by Crippen LogP contribution is 2.28. The number of benzene rings is 1. The van der Waals surface area contributed by atoms with Gasteiger partial charge in [0.2, 0.25) is 0 Å². The highest BCUT2D eigenvalue weighted by atomic mass is 35.5. The topological polar surface area (TPSA) is 66.6 Å². The number of fused-ring (bicyclic) bond motifs is 1. The molecule has 7 heteroatoms. The molecule has 0 aliphatic carbocycles. The van der Waals surface area contributed by atoms with E-state index in [2.05, 4.69) is 5.32 Å².